The van der Waals surface area contributed by atoms with Crippen molar-refractivity contribution < 1.29 is 14.9 Å². The van der Waals surface area contributed by atoms with Crippen LogP contribution in [-0.4, -0.2) is 34.0 Å². The number of ether oxygens (including phenoxy) is 1. The summed E-state index contributed by atoms with van der Waals surface area (Å²) >= 11 is 3.17. The monoisotopic (exact) mass is 196 g/mol. The Bertz CT molecular complexity index is 98.2. The molecule has 54 valence electrons. The maximum atomic E-state index is 9.04. The van der Waals surface area contributed by atoms with Crippen LogP contribution in [0.3, 0.4) is 0 Å². The van der Waals surface area contributed by atoms with E-state index >= 15 is 0 Å². The lowest BCUT2D eigenvalue weighted by Gasteiger charge is -2.08. The minimum absolute atomic E-state index is 0.0929. The zero-order valence-electron chi connectivity index (χ0n) is 4.83. The summed E-state index contributed by atoms with van der Waals surface area (Å²) in [5.41, 5.74) is 0. The first-order chi connectivity index (χ1) is 4.24. The van der Waals surface area contributed by atoms with Gasteiger partial charge in [-0.2, -0.15) is 0 Å². The quantitative estimate of drug-likeness (QED) is 0.574. The molecule has 0 spiro atoms. The van der Waals surface area contributed by atoms with Gasteiger partial charge in [0.2, 0.25) is 0 Å². The minimum atomic E-state index is -0.514. The van der Waals surface area contributed by atoms with Crippen LogP contribution < -0.4 is 0 Å². The van der Waals surface area contributed by atoms with Gasteiger partial charge in [0.25, 0.3) is 0 Å². The molecule has 3 nitrogen and oxygen atoms in total. The smallest absolute Gasteiger partial charge is 0.115 e. The summed E-state index contributed by atoms with van der Waals surface area (Å²) < 4.78 is 5.04. The number of aliphatic hydroxyl groups excluding tert-OH is 2. The van der Waals surface area contributed by atoms with E-state index in [1.807, 2.05) is 0 Å². The van der Waals surface area contributed by atoms with Crippen LogP contribution in [0.2, 0.25) is 0 Å². The topological polar surface area (TPSA) is 49.7 Å². The third-order valence-electron chi connectivity index (χ3n) is 1.36. The van der Waals surface area contributed by atoms with E-state index in [4.69, 9.17) is 14.9 Å². The SMILES string of the molecule is OC[C@H]1O[C@@H](Br)C[C@@H]1O. The Balaban J connectivity index is 2.38. The Kier molecular flexibility index (Phi) is 2.46. The normalized spacial score (nSPS) is 43.7. The van der Waals surface area contributed by atoms with Crippen molar-refractivity contribution in [2.24, 2.45) is 0 Å². The second-order valence-corrected chi connectivity index (χ2v) is 3.09. The highest BCUT2D eigenvalue weighted by atomic mass is 79.9. The second kappa shape index (κ2) is 2.96. The molecule has 4 heteroatoms. The van der Waals surface area contributed by atoms with Gasteiger partial charge in [-0.15, -0.1) is 0 Å². The fourth-order valence-electron chi connectivity index (χ4n) is 0.842. The number of hydrogen-bond acceptors (Lipinski definition) is 3. The third kappa shape index (κ3) is 1.64. The lowest BCUT2D eigenvalue weighted by molar-refractivity contribution is -0.00125. The molecular weight excluding hydrogens is 188 g/mol. The van der Waals surface area contributed by atoms with E-state index in [2.05, 4.69) is 15.9 Å². The molecule has 0 radical (unpaired) electrons. The summed E-state index contributed by atoms with van der Waals surface area (Å²) in [4.78, 5) is 0. The third-order valence-corrected chi connectivity index (χ3v) is 1.95. The minimum Gasteiger partial charge on any atom is -0.394 e. The molecule has 1 fully saturated rings. The van der Waals surface area contributed by atoms with Gasteiger partial charge >= 0.3 is 0 Å². The molecule has 1 aliphatic rings. The van der Waals surface area contributed by atoms with Crippen LogP contribution in [0.4, 0.5) is 0 Å². The van der Waals surface area contributed by atoms with Gasteiger partial charge in [0.15, 0.2) is 0 Å². The van der Waals surface area contributed by atoms with Crippen LogP contribution >= 0.6 is 15.9 Å². The molecule has 9 heavy (non-hydrogen) atoms. The standard InChI is InChI=1S/C5H9BrO3/c6-5-1-3(8)4(2-7)9-5/h3-5,7-8H,1-2H2/t3-,4+,5+/m0/s1. The number of alkyl halides is 1. The first-order valence-electron chi connectivity index (χ1n) is 2.82. The van der Waals surface area contributed by atoms with Crippen LogP contribution in [0.25, 0.3) is 0 Å². The summed E-state index contributed by atoms with van der Waals surface area (Å²) in [5.74, 6) is 0. The molecule has 0 saturated carbocycles. The van der Waals surface area contributed by atoms with Crippen LogP contribution in [0.5, 0.6) is 0 Å². The molecule has 1 aliphatic heterocycles. The Morgan fingerprint density at radius 1 is 1.67 bits per heavy atom. The van der Waals surface area contributed by atoms with Crippen LogP contribution in [0.1, 0.15) is 6.42 Å². The van der Waals surface area contributed by atoms with Gasteiger partial charge in [-0.1, -0.05) is 15.9 Å². The Morgan fingerprint density at radius 3 is 2.56 bits per heavy atom. The molecule has 0 aromatic rings. The van der Waals surface area contributed by atoms with Gasteiger partial charge in [-0.05, 0) is 0 Å². The van der Waals surface area contributed by atoms with E-state index in [0.29, 0.717) is 6.42 Å². The maximum Gasteiger partial charge on any atom is 0.115 e. The molecule has 1 heterocycles. The van der Waals surface area contributed by atoms with Crippen molar-refractivity contribution in [3.8, 4) is 0 Å². The second-order valence-electron chi connectivity index (χ2n) is 2.07. The van der Waals surface area contributed by atoms with Crippen LogP contribution in [-0.2, 0) is 4.74 Å². The molecule has 0 bridgehead atoms. The fourth-order valence-corrected chi connectivity index (χ4v) is 1.50. The van der Waals surface area contributed by atoms with Crippen molar-refractivity contribution in [2.75, 3.05) is 6.61 Å². The molecule has 1 saturated heterocycles. The summed E-state index contributed by atoms with van der Waals surface area (Å²) in [6.07, 6.45) is -0.348. The summed E-state index contributed by atoms with van der Waals surface area (Å²) in [7, 11) is 0. The van der Waals surface area contributed by atoms with E-state index < -0.39 is 12.2 Å². The van der Waals surface area contributed by atoms with Gasteiger partial charge in [0.05, 0.1) is 12.7 Å². The van der Waals surface area contributed by atoms with Gasteiger partial charge < -0.3 is 14.9 Å². The molecule has 3 atom stereocenters. The number of rotatable bonds is 1. The first kappa shape index (κ1) is 7.47. The zero-order valence-corrected chi connectivity index (χ0v) is 6.41. The van der Waals surface area contributed by atoms with E-state index in [0.717, 1.165) is 0 Å². The summed E-state index contributed by atoms with van der Waals surface area (Å²) in [6.45, 7) is -0.108. The van der Waals surface area contributed by atoms with Gasteiger partial charge in [0, 0.05) is 6.42 Å². The molecule has 1 rings (SSSR count). The van der Waals surface area contributed by atoms with Crippen molar-refractivity contribution in [3.05, 3.63) is 0 Å². The van der Waals surface area contributed by atoms with E-state index in [-0.39, 0.29) is 11.6 Å². The molecule has 0 unspecified atom stereocenters. The Labute approximate surface area is 61.8 Å². The van der Waals surface area contributed by atoms with Crippen molar-refractivity contribution in [1.82, 2.24) is 0 Å². The number of aliphatic hydroxyl groups is 2. The molecule has 0 aromatic carbocycles. The Hall–Kier alpha value is 0.360. The first-order valence-corrected chi connectivity index (χ1v) is 3.74. The number of hydrogen-bond donors (Lipinski definition) is 2. The van der Waals surface area contributed by atoms with E-state index in [9.17, 15) is 0 Å². The fraction of sp³-hybridized carbons (Fsp3) is 1.00. The molecule has 0 aromatic heterocycles. The van der Waals surface area contributed by atoms with Crippen molar-refractivity contribution in [2.45, 2.75) is 23.6 Å². The number of halogens is 1. The molecule has 0 aliphatic carbocycles. The van der Waals surface area contributed by atoms with E-state index in [1.54, 1.807) is 0 Å². The lowest BCUT2D eigenvalue weighted by atomic mass is 10.2. The van der Waals surface area contributed by atoms with Crippen LogP contribution in [0, 0.1) is 0 Å². The predicted octanol–water partition coefficient (Wildman–Crippen LogP) is -0.151. The molecule has 2 N–H and O–H groups in total. The molecular formula is C5H9BrO3. The average molecular weight is 197 g/mol. The highest BCUT2D eigenvalue weighted by Gasteiger charge is 2.31. The van der Waals surface area contributed by atoms with E-state index in [1.165, 1.54) is 0 Å². The van der Waals surface area contributed by atoms with Crippen LogP contribution in [0.15, 0.2) is 0 Å². The predicted molar refractivity (Wildman–Crippen MR) is 35.3 cm³/mol. The van der Waals surface area contributed by atoms with Gasteiger partial charge in [-0.25, -0.2) is 0 Å². The van der Waals surface area contributed by atoms with Crippen molar-refractivity contribution in [1.29, 1.82) is 0 Å². The highest BCUT2D eigenvalue weighted by molar-refractivity contribution is 9.09. The Morgan fingerprint density at radius 2 is 2.33 bits per heavy atom. The average Bonchev–Trinajstić information content (AvgIpc) is 2.10. The molecule has 0 amide bonds. The van der Waals surface area contributed by atoms with Gasteiger partial charge in [0.1, 0.15) is 11.1 Å². The maximum absolute atomic E-state index is 9.04. The summed E-state index contributed by atoms with van der Waals surface area (Å²) in [5, 5.41) is 17.5. The van der Waals surface area contributed by atoms with Gasteiger partial charge in [-0.3, -0.25) is 0 Å². The van der Waals surface area contributed by atoms with Crippen molar-refractivity contribution in [3.63, 3.8) is 0 Å². The van der Waals surface area contributed by atoms with Crippen molar-refractivity contribution >= 4 is 15.9 Å². The largest absolute Gasteiger partial charge is 0.394 e. The lowest BCUT2D eigenvalue weighted by Crippen LogP contribution is -2.24. The zero-order chi connectivity index (χ0) is 6.85. The summed E-state index contributed by atoms with van der Waals surface area (Å²) in [6, 6.07) is 0. The highest BCUT2D eigenvalue weighted by Crippen LogP contribution is 2.23.